The van der Waals surface area contributed by atoms with Crippen molar-refractivity contribution >= 4 is 11.3 Å². The fraction of sp³-hybridized carbons (Fsp3) is 0.400. The fourth-order valence-corrected chi connectivity index (χ4v) is 4.04. The molecule has 1 unspecified atom stereocenters. The number of aryl methyl sites for hydroxylation is 2. The summed E-state index contributed by atoms with van der Waals surface area (Å²) < 4.78 is 7.97. The molecule has 1 N–H and O–H groups in total. The maximum Gasteiger partial charge on any atom is 0.131 e. The molecule has 7 heteroatoms. The molecule has 1 atom stereocenters. The lowest BCUT2D eigenvalue weighted by Gasteiger charge is -2.35. The van der Waals surface area contributed by atoms with Crippen LogP contribution in [0.2, 0.25) is 0 Å². The smallest absolute Gasteiger partial charge is 0.131 e. The van der Waals surface area contributed by atoms with Crippen LogP contribution in [-0.4, -0.2) is 39.1 Å². The lowest BCUT2D eigenvalue weighted by molar-refractivity contribution is 0.144. The summed E-state index contributed by atoms with van der Waals surface area (Å²) in [5.41, 5.74) is 2.27. The zero-order chi connectivity index (χ0) is 18.6. The van der Waals surface area contributed by atoms with Gasteiger partial charge in [-0.05, 0) is 24.6 Å². The molecule has 27 heavy (non-hydrogen) atoms. The fourth-order valence-electron chi connectivity index (χ4n) is 3.45. The molecule has 4 rings (SSSR count). The molecule has 2 aromatic heterocycles. The molecule has 0 bridgehead atoms. The number of piperazine rings is 1. The average Bonchev–Trinajstić information content (AvgIpc) is 3.30. The molecule has 1 saturated heterocycles. The van der Waals surface area contributed by atoms with E-state index in [2.05, 4.69) is 43.9 Å². The van der Waals surface area contributed by atoms with Gasteiger partial charge in [-0.2, -0.15) is 0 Å². The van der Waals surface area contributed by atoms with Crippen LogP contribution in [0.4, 0.5) is 0 Å². The van der Waals surface area contributed by atoms with Crippen LogP contribution in [0.3, 0.4) is 0 Å². The first kappa shape index (κ1) is 18.2. The molecule has 0 amide bonds. The van der Waals surface area contributed by atoms with Crippen LogP contribution in [0.5, 0.6) is 5.75 Å². The third kappa shape index (κ3) is 4.37. The van der Waals surface area contributed by atoms with Gasteiger partial charge in [-0.3, -0.25) is 4.90 Å². The molecule has 1 aromatic carbocycles. The van der Waals surface area contributed by atoms with Crippen LogP contribution in [0, 0.1) is 6.92 Å². The Morgan fingerprint density at radius 2 is 2.15 bits per heavy atom. The standard InChI is InChI=1S/C20H25N5OS/c1-15-23-17(14-27-15)13-26-18-5-3-16(4-6-18)12-25-10-7-21-11-19(25)20-22-8-9-24(20)2/h3-6,8-9,14,19,21H,7,10-13H2,1-2H3. The van der Waals surface area contributed by atoms with Gasteiger partial charge in [-0.15, -0.1) is 11.3 Å². The maximum absolute atomic E-state index is 5.85. The molecule has 0 spiro atoms. The normalized spacial score (nSPS) is 17.9. The minimum Gasteiger partial charge on any atom is -0.487 e. The van der Waals surface area contributed by atoms with Crippen molar-refractivity contribution in [2.75, 3.05) is 19.6 Å². The van der Waals surface area contributed by atoms with Gasteiger partial charge < -0.3 is 14.6 Å². The molecule has 6 nitrogen and oxygen atoms in total. The highest BCUT2D eigenvalue weighted by molar-refractivity contribution is 7.09. The van der Waals surface area contributed by atoms with Crippen molar-refractivity contribution in [1.29, 1.82) is 0 Å². The lowest BCUT2D eigenvalue weighted by atomic mass is 10.1. The summed E-state index contributed by atoms with van der Waals surface area (Å²) in [5, 5.41) is 6.61. The van der Waals surface area contributed by atoms with Crippen LogP contribution in [-0.2, 0) is 20.2 Å². The molecule has 3 aromatic rings. The van der Waals surface area contributed by atoms with Crippen LogP contribution in [0.15, 0.2) is 42.0 Å². The number of hydrogen-bond acceptors (Lipinski definition) is 6. The Morgan fingerprint density at radius 3 is 2.85 bits per heavy atom. The number of nitrogens with one attached hydrogen (secondary N) is 1. The van der Waals surface area contributed by atoms with Crippen molar-refractivity contribution in [1.82, 2.24) is 24.8 Å². The van der Waals surface area contributed by atoms with Gasteiger partial charge in [-0.1, -0.05) is 12.1 Å². The van der Waals surface area contributed by atoms with Gasteiger partial charge >= 0.3 is 0 Å². The third-order valence-corrected chi connectivity index (χ3v) is 5.70. The molecule has 1 fully saturated rings. The van der Waals surface area contributed by atoms with Crippen LogP contribution < -0.4 is 10.1 Å². The van der Waals surface area contributed by atoms with E-state index in [4.69, 9.17) is 4.74 Å². The highest BCUT2D eigenvalue weighted by atomic mass is 32.1. The van der Waals surface area contributed by atoms with Crippen LogP contribution in [0.25, 0.3) is 0 Å². The zero-order valence-electron chi connectivity index (χ0n) is 15.8. The van der Waals surface area contributed by atoms with Gasteiger partial charge in [0, 0.05) is 51.0 Å². The summed E-state index contributed by atoms with van der Waals surface area (Å²) in [6.45, 7) is 6.39. The Balaban J connectivity index is 1.39. The zero-order valence-corrected chi connectivity index (χ0v) is 16.6. The maximum atomic E-state index is 5.85. The average molecular weight is 384 g/mol. The number of benzene rings is 1. The van der Waals surface area contributed by atoms with Crippen molar-refractivity contribution in [2.45, 2.75) is 26.1 Å². The first-order valence-corrected chi connectivity index (χ1v) is 10.1. The second kappa shape index (κ2) is 8.21. The minimum atomic E-state index is 0.294. The summed E-state index contributed by atoms with van der Waals surface area (Å²) in [6, 6.07) is 8.69. The first-order chi connectivity index (χ1) is 13.2. The predicted octanol–water partition coefficient (Wildman–Crippen LogP) is 2.91. The van der Waals surface area contributed by atoms with E-state index in [0.717, 1.165) is 48.5 Å². The Kier molecular flexibility index (Phi) is 5.52. The van der Waals surface area contributed by atoms with Crippen LogP contribution in [0.1, 0.15) is 28.1 Å². The lowest BCUT2D eigenvalue weighted by Crippen LogP contribution is -2.46. The molecule has 142 valence electrons. The van der Waals surface area contributed by atoms with Gasteiger partial charge in [0.05, 0.1) is 16.7 Å². The van der Waals surface area contributed by atoms with Gasteiger partial charge in [0.15, 0.2) is 0 Å². The highest BCUT2D eigenvalue weighted by Crippen LogP contribution is 2.23. The summed E-state index contributed by atoms with van der Waals surface area (Å²) >= 11 is 1.65. The third-order valence-electron chi connectivity index (χ3n) is 4.87. The molecular weight excluding hydrogens is 358 g/mol. The minimum absolute atomic E-state index is 0.294. The molecule has 0 aliphatic carbocycles. The number of nitrogens with zero attached hydrogens (tertiary/aromatic N) is 4. The second-order valence-electron chi connectivity index (χ2n) is 6.88. The quantitative estimate of drug-likeness (QED) is 0.709. The van der Waals surface area contributed by atoms with Gasteiger partial charge in [0.1, 0.15) is 18.2 Å². The number of aromatic nitrogens is 3. The predicted molar refractivity (Wildman–Crippen MR) is 107 cm³/mol. The second-order valence-corrected chi connectivity index (χ2v) is 7.94. The van der Waals surface area contributed by atoms with E-state index >= 15 is 0 Å². The van der Waals surface area contributed by atoms with E-state index in [1.807, 2.05) is 36.8 Å². The van der Waals surface area contributed by atoms with E-state index in [1.54, 1.807) is 11.3 Å². The van der Waals surface area contributed by atoms with Crippen molar-refractivity contribution in [2.24, 2.45) is 7.05 Å². The first-order valence-electron chi connectivity index (χ1n) is 9.24. The summed E-state index contributed by atoms with van der Waals surface area (Å²) in [7, 11) is 2.06. The summed E-state index contributed by atoms with van der Waals surface area (Å²) in [4.78, 5) is 11.5. The summed E-state index contributed by atoms with van der Waals surface area (Å²) in [6.07, 6.45) is 3.89. The van der Waals surface area contributed by atoms with E-state index < -0.39 is 0 Å². The van der Waals surface area contributed by atoms with Crippen molar-refractivity contribution in [3.8, 4) is 5.75 Å². The van der Waals surface area contributed by atoms with E-state index in [0.29, 0.717) is 12.6 Å². The Bertz CT molecular complexity index is 873. The van der Waals surface area contributed by atoms with Crippen molar-refractivity contribution in [3.05, 3.63) is 64.1 Å². The number of hydrogen-bond donors (Lipinski definition) is 1. The highest BCUT2D eigenvalue weighted by Gasteiger charge is 2.26. The van der Waals surface area contributed by atoms with Crippen molar-refractivity contribution in [3.63, 3.8) is 0 Å². The number of imidazole rings is 1. The number of rotatable bonds is 6. The van der Waals surface area contributed by atoms with Crippen molar-refractivity contribution < 1.29 is 4.74 Å². The van der Waals surface area contributed by atoms with E-state index in [-0.39, 0.29) is 0 Å². The van der Waals surface area contributed by atoms with Crippen LogP contribution >= 0.6 is 11.3 Å². The molecule has 3 heterocycles. The summed E-state index contributed by atoms with van der Waals surface area (Å²) in [5.74, 6) is 1.99. The Morgan fingerprint density at radius 1 is 1.30 bits per heavy atom. The van der Waals surface area contributed by atoms with Gasteiger partial charge in [0.2, 0.25) is 0 Å². The number of ether oxygens (including phenoxy) is 1. The largest absolute Gasteiger partial charge is 0.487 e. The van der Waals surface area contributed by atoms with Gasteiger partial charge in [-0.25, -0.2) is 9.97 Å². The number of thiazole rings is 1. The van der Waals surface area contributed by atoms with E-state index in [9.17, 15) is 0 Å². The SMILES string of the molecule is Cc1nc(COc2ccc(CN3CCNCC3c3nccn3C)cc2)cs1. The molecule has 1 aliphatic heterocycles. The van der Waals surface area contributed by atoms with Gasteiger partial charge in [0.25, 0.3) is 0 Å². The Labute approximate surface area is 163 Å². The van der Waals surface area contributed by atoms with E-state index in [1.165, 1.54) is 5.56 Å². The topological polar surface area (TPSA) is 55.2 Å². The molecule has 1 aliphatic rings. The monoisotopic (exact) mass is 383 g/mol. The molecule has 0 saturated carbocycles. The molecule has 0 radical (unpaired) electrons. The molecular formula is C20H25N5OS. The Hall–Kier alpha value is -2.22.